The van der Waals surface area contributed by atoms with Crippen LogP contribution in [0.25, 0.3) is 33.7 Å². The molecule has 0 N–H and O–H groups in total. The van der Waals surface area contributed by atoms with Crippen LogP contribution in [0.15, 0.2) is 55.6 Å². The lowest BCUT2D eigenvalue weighted by molar-refractivity contribution is 1.50. The van der Waals surface area contributed by atoms with Crippen molar-refractivity contribution in [2.24, 2.45) is 0 Å². The lowest BCUT2D eigenvalue weighted by Gasteiger charge is -2.13. The van der Waals surface area contributed by atoms with E-state index in [0.717, 1.165) is 0 Å². The van der Waals surface area contributed by atoms with Crippen LogP contribution in [0.4, 0.5) is 0 Å². The van der Waals surface area contributed by atoms with Gasteiger partial charge in [0.1, 0.15) is 0 Å². The van der Waals surface area contributed by atoms with Crippen LogP contribution in [0.5, 0.6) is 0 Å². The summed E-state index contributed by atoms with van der Waals surface area (Å²) in [5.41, 5.74) is 3.62. The van der Waals surface area contributed by atoms with E-state index in [2.05, 4.69) is 62.5 Å². The third kappa shape index (κ3) is 2.50. The minimum atomic E-state index is 1.17. The summed E-state index contributed by atoms with van der Waals surface area (Å²) in [5, 5.41) is 5.05. The van der Waals surface area contributed by atoms with E-state index in [1.165, 1.54) is 38.2 Å². The van der Waals surface area contributed by atoms with E-state index in [-0.39, 0.29) is 0 Å². The minimum absolute atomic E-state index is 1.17. The molecule has 0 aliphatic heterocycles. The fourth-order valence-electron chi connectivity index (χ4n) is 2.80. The third-order valence-corrected chi connectivity index (χ3v) is 3.67. The molecule has 0 bridgehead atoms. The van der Waals surface area contributed by atoms with Gasteiger partial charge in [0, 0.05) is 0 Å². The van der Waals surface area contributed by atoms with Crippen molar-refractivity contribution in [3.05, 3.63) is 72.3 Å². The second kappa shape index (κ2) is 6.41. The van der Waals surface area contributed by atoms with Crippen molar-refractivity contribution in [1.29, 1.82) is 0 Å². The Balaban J connectivity index is 0.000000774. The monoisotopic (exact) mass is 274 g/mol. The van der Waals surface area contributed by atoms with E-state index in [1.54, 1.807) is 0 Å². The van der Waals surface area contributed by atoms with Crippen LogP contribution in [0, 0.1) is 6.92 Å². The van der Waals surface area contributed by atoms with Gasteiger partial charge in [0.2, 0.25) is 0 Å². The standard InChI is InChI=1S/C19H16.C2H6/c1-4-14-15(5-2)18-11-10-13(3)12-19(18)17-9-7-6-8-16(14)17;1-2/h4-12H,1-2H2,3H3;1-2H3. The average Bonchev–Trinajstić information content (AvgIpc) is 2.55. The Hall–Kier alpha value is -2.34. The van der Waals surface area contributed by atoms with Crippen LogP contribution in [-0.4, -0.2) is 0 Å². The highest BCUT2D eigenvalue weighted by molar-refractivity contribution is 6.14. The summed E-state index contributed by atoms with van der Waals surface area (Å²) in [6, 6.07) is 15.1. The van der Waals surface area contributed by atoms with Crippen molar-refractivity contribution < 1.29 is 0 Å². The van der Waals surface area contributed by atoms with Gasteiger partial charge in [-0.15, -0.1) is 0 Å². The number of hydrogen-bond donors (Lipinski definition) is 0. The van der Waals surface area contributed by atoms with Gasteiger partial charge in [-0.3, -0.25) is 0 Å². The van der Waals surface area contributed by atoms with Gasteiger partial charge in [-0.2, -0.15) is 0 Å². The molecule has 0 nitrogen and oxygen atoms in total. The second-order valence-electron chi connectivity index (χ2n) is 4.83. The molecule has 0 radical (unpaired) electrons. The molecule has 0 atom stereocenters. The highest BCUT2D eigenvalue weighted by atomic mass is 14.1. The molecule has 0 saturated carbocycles. The summed E-state index contributed by atoms with van der Waals surface area (Å²) in [6.45, 7) is 14.1. The fraction of sp³-hybridized carbons (Fsp3) is 0.143. The maximum atomic E-state index is 3.97. The maximum Gasteiger partial charge on any atom is -0.00963 e. The first kappa shape index (κ1) is 15.1. The van der Waals surface area contributed by atoms with Crippen molar-refractivity contribution in [3.63, 3.8) is 0 Å². The van der Waals surface area contributed by atoms with Crippen LogP contribution in [0.1, 0.15) is 30.5 Å². The van der Waals surface area contributed by atoms with E-state index in [0.29, 0.717) is 0 Å². The SMILES string of the molecule is C=Cc1c(C=C)c2ccc(C)cc2c2ccccc12.CC. The molecule has 0 fully saturated rings. The summed E-state index contributed by atoms with van der Waals surface area (Å²) < 4.78 is 0. The summed E-state index contributed by atoms with van der Waals surface area (Å²) in [6.07, 6.45) is 3.86. The first-order chi connectivity index (χ1) is 10.3. The van der Waals surface area contributed by atoms with Crippen molar-refractivity contribution in [2.45, 2.75) is 20.8 Å². The predicted octanol–water partition coefficient (Wildman–Crippen LogP) is 6.61. The number of hydrogen-bond acceptors (Lipinski definition) is 0. The number of fused-ring (bicyclic) bond motifs is 3. The van der Waals surface area contributed by atoms with Gasteiger partial charge >= 0.3 is 0 Å². The van der Waals surface area contributed by atoms with Crippen LogP contribution in [0.3, 0.4) is 0 Å². The Bertz CT molecular complexity index is 807. The van der Waals surface area contributed by atoms with Gasteiger partial charge in [0.15, 0.2) is 0 Å². The lowest BCUT2D eigenvalue weighted by Crippen LogP contribution is -1.89. The molecule has 3 rings (SSSR count). The molecule has 0 heteroatoms. The number of aryl methyl sites for hydroxylation is 1. The second-order valence-corrected chi connectivity index (χ2v) is 4.83. The van der Waals surface area contributed by atoms with Gasteiger partial charge in [-0.1, -0.05) is 87.2 Å². The highest BCUT2D eigenvalue weighted by Gasteiger charge is 2.09. The Labute approximate surface area is 127 Å². The van der Waals surface area contributed by atoms with Crippen molar-refractivity contribution >= 4 is 33.7 Å². The summed E-state index contributed by atoms with van der Waals surface area (Å²) in [4.78, 5) is 0. The van der Waals surface area contributed by atoms with Gasteiger partial charge in [0.05, 0.1) is 0 Å². The molecule has 0 unspecified atom stereocenters. The van der Waals surface area contributed by atoms with E-state index < -0.39 is 0 Å². The predicted molar refractivity (Wildman–Crippen MR) is 97.7 cm³/mol. The lowest BCUT2D eigenvalue weighted by atomic mass is 9.91. The Morgan fingerprint density at radius 2 is 1.24 bits per heavy atom. The number of benzene rings is 3. The Morgan fingerprint density at radius 3 is 1.81 bits per heavy atom. The zero-order valence-electron chi connectivity index (χ0n) is 13.1. The van der Waals surface area contributed by atoms with Crippen LogP contribution in [0.2, 0.25) is 0 Å². The molecular weight excluding hydrogens is 252 g/mol. The van der Waals surface area contributed by atoms with E-state index in [1.807, 2.05) is 26.0 Å². The first-order valence-corrected chi connectivity index (χ1v) is 7.46. The Kier molecular flexibility index (Phi) is 4.59. The van der Waals surface area contributed by atoms with Gasteiger partial charge in [0.25, 0.3) is 0 Å². The van der Waals surface area contributed by atoms with Crippen LogP contribution < -0.4 is 0 Å². The van der Waals surface area contributed by atoms with Crippen molar-refractivity contribution in [1.82, 2.24) is 0 Å². The highest BCUT2D eigenvalue weighted by Crippen LogP contribution is 2.34. The minimum Gasteiger partial charge on any atom is -0.0984 e. The van der Waals surface area contributed by atoms with Crippen molar-refractivity contribution in [2.75, 3.05) is 0 Å². The van der Waals surface area contributed by atoms with Gasteiger partial charge < -0.3 is 0 Å². The molecule has 21 heavy (non-hydrogen) atoms. The fourth-order valence-corrected chi connectivity index (χ4v) is 2.80. The zero-order chi connectivity index (χ0) is 15.4. The maximum absolute atomic E-state index is 3.97. The van der Waals surface area contributed by atoms with Crippen molar-refractivity contribution in [3.8, 4) is 0 Å². The summed E-state index contributed by atoms with van der Waals surface area (Å²) in [7, 11) is 0. The molecule has 0 aliphatic rings. The molecule has 0 saturated heterocycles. The Morgan fingerprint density at radius 1 is 0.714 bits per heavy atom. The van der Waals surface area contributed by atoms with Crippen LogP contribution >= 0.6 is 0 Å². The third-order valence-electron chi connectivity index (χ3n) is 3.67. The molecular formula is C21H22. The van der Waals surface area contributed by atoms with E-state index >= 15 is 0 Å². The molecule has 0 amide bonds. The molecule has 106 valence electrons. The topological polar surface area (TPSA) is 0 Å². The molecule has 0 aliphatic carbocycles. The zero-order valence-corrected chi connectivity index (χ0v) is 13.1. The van der Waals surface area contributed by atoms with Gasteiger partial charge in [-0.05, 0) is 39.6 Å². The largest absolute Gasteiger partial charge is 0.0984 e. The first-order valence-electron chi connectivity index (χ1n) is 7.46. The quantitative estimate of drug-likeness (QED) is 0.461. The normalized spacial score (nSPS) is 10.0. The van der Waals surface area contributed by atoms with E-state index in [9.17, 15) is 0 Å². The number of rotatable bonds is 2. The summed E-state index contributed by atoms with van der Waals surface area (Å²) in [5.74, 6) is 0. The van der Waals surface area contributed by atoms with E-state index in [4.69, 9.17) is 0 Å². The van der Waals surface area contributed by atoms with Gasteiger partial charge in [-0.25, -0.2) is 0 Å². The molecule has 3 aromatic rings. The molecule has 3 aromatic carbocycles. The molecule has 0 spiro atoms. The average molecular weight is 274 g/mol. The summed E-state index contributed by atoms with van der Waals surface area (Å²) >= 11 is 0. The molecule has 0 aromatic heterocycles. The molecule has 0 heterocycles. The smallest absolute Gasteiger partial charge is 0.00963 e. The van der Waals surface area contributed by atoms with Crippen LogP contribution in [-0.2, 0) is 0 Å².